The number of halogens is 2. The van der Waals surface area contributed by atoms with Crippen molar-refractivity contribution in [1.82, 2.24) is 15.0 Å². The van der Waals surface area contributed by atoms with Gasteiger partial charge in [0.2, 0.25) is 5.88 Å². The molecule has 2 aliphatic rings. The summed E-state index contributed by atoms with van der Waals surface area (Å²) in [5.74, 6) is -0.219. The number of aromatic nitrogens is 3. The maximum absolute atomic E-state index is 13.8. The zero-order valence-corrected chi connectivity index (χ0v) is 15.8. The number of aromatic amines is 1. The Balaban J connectivity index is 1.32. The van der Waals surface area contributed by atoms with Gasteiger partial charge in [0.25, 0.3) is 6.01 Å². The molecule has 2 saturated heterocycles. The zero-order chi connectivity index (χ0) is 20.0. The van der Waals surface area contributed by atoms with E-state index in [0.717, 1.165) is 0 Å². The van der Waals surface area contributed by atoms with Crippen LogP contribution in [0.5, 0.6) is 11.9 Å². The van der Waals surface area contributed by atoms with Crippen molar-refractivity contribution in [3.8, 4) is 11.9 Å². The van der Waals surface area contributed by atoms with E-state index >= 15 is 0 Å². The van der Waals surface area contributed by atoms with Crippen molar-refractivity contribution in [1.29, 1.82) is 0 Å². The highest BCUT2D eigenvalue weighted by molar-refractivity contribution is 6.32. The Bertz CT molecular complexity index is 1050. The lowest BCUT2D eigenvalue weighted by Gasteiger charge is -2.15. The standard InChI is InChI=1S/C19H17ClFN3O5/c20-10-5-12-17(23-18(10)28-6-9-3-1-2-4-11(9)21)24-19(22-12)29-14-8-27-15-13(25)7-26-16(14)15/h1-5,13-16,25H,6-8H2,(H,22,23,24)/t13-,14-,15?,16-/m1/s1. The third kappa shape index (κ3) is 3.51. The first-order chi connectivity index (χ1) is 14.1. The number of hydrogen-bond acceptors (Lipinski definition) is 7. The molecule has 10 heteroatoms. The molecular formula is C19H17ClFN3O5. The molecule has 29 heavy (non-hydrogen) atoms. The number of fused-ring (bicyclic) bond motifs is 2. The lowest BCUT2D eigenvalue weighted by molar-refractivity contribution is 0.00706. The third-order valence-corrected chi connectivity index (χ3v) is 5.21. The molecule has 1 unspecified atom stereocenters. The molecule has 4 heterocycles. The molecule has 2 fully saturated rings. The van der Waals surface area contributed by atoms with Crippen LogP contribution in [0, 0.1) is 5.82 Å². The van der Waals surface area contributed by atoms with Gasteiger partial charge in [-0.25, -0.2) is 4.39 Å². The number of H-pyrrole nitrogens is 1. The number of aliphatic hydroxyl groups is 1. The zero-order valence-electron chi connectivity index (χ0n) is 15.0. The number of aliphatic hydroxyl groups excluding tert-OH is 1. The molecular weight excluding hydrogens is 405 g/mol. The number of hydrogen-bond donors (Lipinski definition) is 2. The Morgan fingerprint density at radius 1 is 1.21 bits per heavy atom. The van der Waals surface area contributed by atoms with Gasteiger partial charge in [0.1, 0.15) is 35.8 Å². The summed E-state index contributed by atoms with van der Waals surface area (Å²) < 4.78 is 36.3. The van der Waals surface area contributed by atoms with Crippen LogP contribution in [0.1, 0.15) is 5.56 Å². The lowest BCUT2D eigenvalue weighted by atomic mass is 10.1. The first-order valence-corrected chi connectivity index (χ1v) is 9.46. The first kappa shape index (κ1) is 18.6. The van der Waals surface area contributed by atoms with Crippen LogP contribution in [0.15, 0.2) is 30.3 Å². The molecule has 2 N–H and O–H groups in total. The molecule has 5 rings (SSSR count). The highest BCUT2D eigenvalue weighted by atomic mass is 35.5. The summed E-state index contributed by atoms with van der Waals surface area (Å²) in [4.78, 5) is 11.6. The fourth-order valence-corrected chi connectivity index (χ4v) is 3.69. The number of nitrogens with zero attached hydrogens (tertiary/aromatic N) is 2. The van der Waals surface area contributed by atoms with Crippen LogP contribution in [-0.4, -0.2) is 57.7 Å². The van der Waals surface area contributed by atoms with Crippen molar-refractivity contribution in [2.75, 3.05) is 13.2 Å². The maximum atomic E-state index is 13.8. The van der Waals surface area contributed by atoms with E-state index in [1.807, 2.05) is 0 Å². The number of imidazole rings is 1. The van der Waals surface area contributed by atoms with Crippen molar-refractivity contribution in [2.45, 2.75) is 31.0 Å². The first-order valence-electron chi connectivity index (χ1n) is 9.09. The minimum Gasteiger partial charge on any atom is -0.472 e. The second-order valence-corrected chi connectivity index (χ2v) is 7.30. The van der Waals surface area contributed by atoms with Crippen LogP contribution in [0.2, 0.25) is 5.02 Å². The summed E-state index contributed by atoms with van der Waals surface area (Å²) >= 11 is 6.24. The van der Waals surface area contributed by atoms with Gasteiger partial charge in [-0.05, 0) is 12.1 Å². The molecule has 0 spiro atoms. The van der Waals surface area contributed by atoms with Gasteiger partial charge in [0.15, 0.2) is 11.8 Å². The summed E-state index contributed by atoms with van der Waals surface area (Å²) in [6.07, 6.45) is -1.80. The minimum atomic E-state index is -0.654. The highest BCUT2D eigenvalue weighted by Crippen LogP contribution is 2.31. The van der Waals surface area contributed by atoms with Crippen LogP contribution in [0.4, 0.5) is 4.39 Å². The van der Waals surface area contributed by atoms with Gasteiger partial charge < -0.3 is 29.0 Å². The Kier molecular flexibility index (Phi) is 4.75. The molecule has 0 bridgehead atoms. The predicted octanol–water partition coefficient (Wildman–Crippen LogP) is 2.24. The van der Waals surface area contributed by atoms with Gasteiger partial charge in [0, 0.05) is 5.56 Å². The Morgan fingerprint density at radius 2 is 2.03 bits per heavy atom. The predicted molar refractivity (Wildman–Crippen MR) is 99.5 cm³/mol. The van der Waals surface area contributed by atoms with Crippen LogP contribution in [-0.2, 0) is 16.1 Å². The maximum Gasteiger partial charge on any atom is 0.296 e. The average Bonchev–Trinajstić information content (AvgIpc) is 3.38. The minimum absolute atomic E-state index is 0.0131. The van der Waals surface area contributed by atoms with Crippen molar-refractivity contribution in [3.05, 3.63) is 46.7 Å². The third-order valence-electron chi connectivity index (χ3n) is 4.94. The number of rotatable bonds is 5. The van der Waals surface area contributed by atoms with E-state index < -0.39 is 18.3 Å². The normalized spacial score (nSPS) is 26.0. The van der Waals surface area contributed by atoms with Crippen molar-refractivity contribution in [3.63, 3.8) is 0 Å². The molecule has 2 aromatic heterocycles. The van der Waals surface area contributed by atoms with Gasteiger partial charge in [0.05, 0.1) is 18.7 Å². The Hall–Kier alpha value is -2.46. The Morgan fingerprint density at radius 3 is 2.90 bits per heavy atom. The van der Waals surface area contributed by atoms with E-state index in [1.54, 1.807) is 24.3 Å². The van der Waals surface area contributed by atoms with Crippen molar-refractivity contribution in [2.24, 2.45) is 0 Å². The van der Waals surface area contributed by atoms with E-state index in [1.165, 1.54) is 6.07 Å². The smallest absolute Gasteiger partial charge is 0.296 e. The van der Waals surface area contributed by atoms with Crippen LogP contribution >= 0.6 is 11.6 Å². The number of benzene rings is 1. The second-order valence-electron chi connectivity index (χ2n) is 6.89. The number of ether oxygens (including phenoxy) is 4. The number of nitrogens with one attached hydrogen (secondary N) is 1. The lowest BCUT2D eigenvalue weighted by Crippen LogP contribution is -2.34. The van der Waals surface area contributed by atoms with Gasteiger partial charge in [-0.15, -0.1) is 0 Å². The monoisotopic (exact) mass is 421 g/mol. The summed E-state index contributed by atoms with van der Waals surface area (Å²) in [6.45, 7) is 0.491. The molecule has 8 nitrogen and oxygen atoms in total. The van der Waals surface area contributed by atoms with Crippen LogP contribution < -0.4 is 9.47 Å². The molecule has 2 aliphatic heterocycles. The van der Waals surface area contributed by atoms with E-state index in [2.05, 4.69) is 15.0 Å². The van der Waals surface area contributed by atoms with E-state index in [-0.39, 0.29) is 48.7 Å². The van der Waals surface area contributed by atoms with Crippen molar-refractivity contribution < 1.29 is 28.4 Å². The summed E-state index contributed by atoms with van der Waals surface area (Å²) in [5.41, 5.74) is 1.30. The number of pyridine rings is 1. The molecule has 0 amide bonds. The second kappa shape index (κ2) is 7.42. The molecule has 0 aliphatic carbocycles. The van der Waals surface area contributed by atoms with Crippen molar-refractivity contribution >= 4 is 22.8 Å². The summed E-state index contributed by atoms with van der Waals surface area (Å²) in [6, 6.07) is 8.16. The van der Waals surface area contributed by atoms with Crippen LogP contribution in [0.25, 0.3) is 11.2 Å². The quantitative estimate of drug-likeness (QED) is 0.651. The average molecular weight is 422 g/mol. The molecule has 152 valence electrons. The Labute approximate surface area is 169 Å². The van der Waals surface area contributed by atoms with Gasteiger partial charge in [-0.3, -0.25) is 0 Å². The topological polar surface area (TPSA) is 98.7 Å². The molecule has 3 aromatic rings. The van der Waals surface area contributed by atoms with E-state index in [0.29, 0.717) is 16.7 Å². The SMILES string of the molecule is O[C@@H]1CO[C@H]2C1OC[C@H]2Oc1nc2nc(OCc3ccccc3F)c(Cl)cc2[nH]1. The van der Waals surface area contributed by atoms with E-state index in [4.69, 9.17) is 30.5 Å². The highest BCUT2D eigenvalue weighted by Gasteiger charge is 2.48. The largest absolute Gasteiger partial charge is 0.472 e. The molecule has 4 atom stereocenters. The molecule has 1 aromatic carbocycles. The summed E-state index contributed by atoms with van der Waals surface area (Å²) in [7, 11) is 0. The molecule has 0 saturated carbocycles. The van der Waals surface area contributed by atoms with Crippen LogP contribution in [0.3, 0.4) is 0 Å². The van der Waals surface area contributed by atoms with Gasteiger partial charge in [-0.1, -0.05) is 29.8 Å². The van der Waals surface area contributed by atoms with E-state index in [9.17, 15) is 9.50 Å². The fourth-order valence-electron chi connectivity index (χ4n) is 3.49. The molecule has 0 radical (unpaired) electrons. The summed E-state index contributed by atoms with van der Waals surface area (Å²) in [5, 5.41) is 10.1. The van der Waals surface area contributed by atoms with Gasteiger partial charge in [-0.2, -0.15) is 9.97 Å². The van der Waals surface area contributed by atoms with Gasteiger partial charge >= 0.3 is 0 Å². The fraction of sp³-hybridized carbons (Fsp3) is 0.368.